The molecule has 0 saturated carbocycles. The number of aliphatic hydroxyl groups excluding tert-OH is 1. The van der Waals surface area contributed by atoms with E-state index < -0.39 is 11.8 Å². The molecule has 0 spiro atoms. The van der Waals surface area contributed by atoms with E-state index in [9.17, 15) is 9.90 Å². The Morgan fingerprint density at radius 3 is 2.58 bits per heavy atom. The van der Waals surface area contributed by atoms with Crippen LogP contribution in [0.3, 0.4) is 0 Å². The summed E-state index contributed by atoms with van der Waals surface area (Å²) in [5.74, 6) is -1.84. The summed E-state index contributed by atoms with van der Waals surface area (Å²) >= 11 is 0. The molecular weight excluding hydrogens is 252 g/mol. The van der Waals surface area contributed by atoms with Crippen molar-refractivity contribution in [1.29, 1.82) is 0 Å². The summed E-state index contributed by atoms with van der Waals surface area (Å²) in [4.78, 5) is 11.0. The van der Waals surface area contributed by atoms with Crippen LogP contribution in [0.25, 0.3) is 0 Å². The number of hydrogen-bond acceptors (Lipinski definition) is 6. The van der Waals surface area contributed by atoms with Gasteiger partial charge in [0.1, 0.15) is 0 Å². The Bertz CT molecular complexity index is 235. The molecule has 0 aromatic carbocycles. The van der Waals surface area contributed by atoms with Crippen LogP contribution in [0.15, 0.2) is 0 Å². The Balaban J connectivity index is 0.000000443. The highest BCUT2D eigenvalue weighted by atomic mass is 16.6. The maximum atomic E-state index is 11.0. The fourth-order valence-corrected chi connectivity index (χ4v) is 1.24. The van der Waals surface area contributed by atoms with E-state index in [0.29, 0.717) is 13.2 Å². The highest BCUT2D eigenvalue weighted by Crippen LogP contribution is 2.10. The van der Waals surface area contributed by atoms with Gasteiger partial charge in [0.15, 0.2) is 5.79 Å². The average molecular weight is 278 g/mol. The quantitative estimate of drug-likeness (QED) is 0.425. The summed E-state index contributed by atoms with van der Waals surface area (Å²) in [6.07, 6.45) is 2.34. The smallest absolute Gasteiger partial charge is 0.311 e. The Hall–Kier alpha value is -0.690. The molecule has 6 nitrogen and oxygen atoms in total. The van der Waals surface area contributed by atoms with Gasteiger partial charge in [0.25, 0.3) is 0 Å². The number of esters is 1. The van der Waals surface area contributed by atoms with Crippen LogP contribution in [0.4, 0.5) is 0 Å². The van der Waals surface area contributed by atoms with Gasteiger partial charge in [0.05, 0.1) is 25.7 Å². The zero-order valence-electron chi connectivity index (χ0n) is 12.1. The molecule has 1 aliphatic rings. The van der Waals surface area contributed by atoms with Gasteiger partial charge in [-0.05, 0) is 19.8 Å². The minimum Gasteiger partial charge on any atom is -0.466 e. The number of methoxy groups -OCH3 is 1. The maximum absolute atomic E-state index is 11.0. The zero-order chi connectivity index (χ0) is 14.7. The van der Waals surface area contributed by atoms with E-state index in [1.807, 2.05) is 6.92 Å². The van der Waals surface area contributed by atoms with Crippen molar-refractivity contribution >= 4 is 5.97 Å². The normalized spacial score (nSPS) is 21.2. The molecule has 2 atom stereocenters. The van der Waals surface area contributed by atoms with Gasteiger partial charge in [-0.25, -0.2) is 0 Å². The number of rotatable bonds is 6. The van der Waals surface area contributed by atoms with Gasteiger partial charge in [-0.15, -0.1) is 0 Å². The summed E-state index contributed by atoms with van der Waals surface area (Å²) in [6.45, 7) is 5.13. The van der Waals surface area contributed by atoms with Crippen molar-refractivity contribution in [3.05, 3.63) is 0 Å². The maximum Gasteiger partial charge on any atom is 0.311 e. The first-order valence-electron chi connectivity index (χ1n) is 6.60. The molecule has 19 heavy (non-hydrogen) atoms. The third-order valence-corrected chi connectivity index (χ3v) is 2.58. The number of carbonyl (C=O) groups is 1. The lowest BCUT2D eigenvalue weighted by Gasteiger charge is -2.19. The van der Waals surface area contributed by atoms with Crippen molar-refractivity contribution in [2.45, 2.75) is 51.4 Å². The van der Waals surface area contributed by atoms with Gasteiger partial charge in [-0.3, -0.25) is 4.79 Å². The summed E-state index contributed by atoms with van der Waals surface area (Å²) in [6, 6.07) is 0. The second kappa shape index (κ2) is 10.1. The lowest BCUT2D eigenvalue weighted by atomic mass is 10.2. The van der Waals surface area contributed by atoms with Crippen LogP contribution < -0.4 is 0 Å². The molecule has 6 heteroatoms. The van der Waals surface area contributed by atoms with Crippen LogP contribution in [0.5, 0.6) is 0 Å². The van der Waals surface area contributed by atoms with Gasteiger partial charge in [-0.1, -0.05) is 13.3 Å². The minimum absolute atomic E-state index is 0.132. The van der Waals surface area contributed by atoms with Crippen molar-refractivity contribution in [3.8, 4) is 0 Å². The Kier molecular flexibility index (Phi) is 9.77. The van der Waals surface area contributed by atoms with Crippen molar-refractivity contribution < 1.29 is 29.2 Å². The Morgan fingerprint density at radius 1 is 1.53 bits per heavy atom. The first-order chi connectivity index (χ1) is 8.91. The van der Waals surface area contributed by atoms with Crippen molar-refractivity contribution in [2.24, 2.45) is 0 Å². The molecule has 2 N–H and O–H groups in total. The van der Waals surface area contributed by atoms with Gasteiger partial charge < -0.3 is 24.4 Å². The fourth-order valence-electron chi connectivity index (χ4n) is 1.24. The van der Waals surface area contributed by atoms with E-state index in [-0.39, 0.29) is 12.5 Å². The molecule has 0 bridgehead atoms. The third kappa shape index (κ3) is 10.9. The SMILES string of the molecule is CCCCOC(=O)C[C@@](C)(O)OC.OC1CCOC1. The predicted molar refractivity (Wildman–Crippen MR) is 69.6 cm³/mol. The van der Waals surface area contributed by atoms with E-state index in [2.05, 4.69) is 4.74 Å². The highest BCUT2D eigenvalue weighted by molar-refractivity contribution is 5.70. The van der Waals surface area contributed by atoms with Gasteiger partial charge >= 0.3 is 5.97 Å². The zero-order valence-corrected chi connectivity index (χ0v) is 12.1. The molecule has 0 aromatic heterocycles. The van der Waals surface area contributed by atoms with Crippen LogP contribution in [0.1, 0.15) is 39.5 Å². The number of ether oxygens (including phenoxy) is 3. The van der Waals surface area contributed by atoms with Gasteiger partial charge in [-0.2, -0.15) is 0 Å². The van der Waals surface area contributed by atoms with Crippen LogP contribution in [0.2, 0.25) is 0 Å². The number of unbranched alkanes of at least 4 members (excludes halogenated alkanes) is 1. The molecule has 1 saturated heterocycles. The monoisotopic (exact) mass is 278 g/mol. The molecule has 1 heterocycles. The Morgan fingerprint density at radius 2 is 2.21 bits per heavy atom. The lowest BCUT2D eigenvalue weighted by Crippen LogP contribution is -2.30. The van der Waals surface area contributed by atoms with E-state index in [1.165, 1.54) is 14.0 Å². The van der Waals surface area contributed by atoms with Gasteiger partial charge in [0.2, 0.25) is 0 Å². The molecule has 1 aliphatic heterocycles. The lowest BCUT2D eigenvalue weighted by molar-refractivity contribution is -0.190. The first-order valence-corrected chi connectivity index (χ1v) is 6.60. The second-order valence-corrected chi connectivity index (χ2v) is 4.65. The molecule has 0 amide bonds. The van der Waals surface area contributed by atoms with Crippen molar-refractivity contribution in [1.82, 2.24) is 0 Å². The van der Waals surface area contributed by atoms with Crippen LogP contribution in [-0.2, 0) is 19.0 Å². The standard InChI is InChI=1S/C9H18O4.C4H8O2/c1-4-5-6-13-8(10)7-9(2,11)12-3;5-4-1-2-6-3-4/h11H,4-7H2,1-3H3;4-5H,1-3H2/t9-;/m0./s1. The molecular formula is C13H26O6. The summed E-state index contributed by atoms with van der Waals surface area (Å²) < 4.78 is 14.3. The summed E-state index contributed by atoms with van der Waals surface area (Å²) in [7, 11) is 1.35. The highest BCUT2D eigenvalue weighted by Gasteiger charge is 2.24. The van der Waals surface area contributed by atoms with Crippen molar-refractivity contribution in [3.63, 3.8) is 0 Å². The van der Waals surface area contributed by atoms with Crippen LogP contribution in [-0.4, -0.2) is 55.0 Å². The molecule has 0 aliphatic carbocycles. The first kappa shape index (κ1) is 18.3. The molecule has 0 radical (unpaired) electrons. The van der Waals surface area contributed by atoms with E-state index >= 15 is 0 Å². The summed E-state index contributed by atoms with van der Waals surface area (Å²) in [5.41, 5.74) is 0. The average Bonchev–Trinajstić information content (AvgIpc) is 2.81. The summed E-state index contributed by atoms with van der Waals surface area (Å²) in [5, 5.41) is 17.9. The third-order valence-electron chi connectivity index (χ3n) is 2.58. The molecule has 1 fully saturated rings. The molecule has 1 rings (SSSR count). The molecule has 114 valence electrons. The van der Waals surface area contributed by atoms with Gasteiger partial charge in [0, 0.05) is 13.7 Å². The number of aliphatic hydroxyl groups is 2. The minimum atomic E-state index is -1.41. The van der Waals surface area contributed by atoms with E-state index in [0.717, 1.165) is 25.9 Å². The van der Waals surface area contributed by atoms with E-state index in [1.54, 1.807) is 0 Å². The topological polar surface area (TPSA) is 85.2 Å². The number of hydrogen-bond donors (Lipinski definition) is 2. The Labute approximate surface area is 114 Å². The fraction of sp³-hybridized carbons (Fsp3) is 0.923. The molecule has 0 aromatic rings. The predicted octanol–water partition coefficient (Wildman–Crippen LogP) is 0.842. The largest absolute Gasteiger partial charge is 0.466 e. The number of carbonyl (C=O) groups excluding carboxylic acids is 1. The molecule has 1 unspecified atom stereocenters. The van der Waals surface area contributed by atoms with Crippen molar-refractivity contribution in [2.75, 3.05) is 26.9 Å². The van der Waals surface area contributed by atoms with Crippen LogP contribution >= 0.6 is 0 Å². The second-order valence-electron chi connectivity index (χ2n) is 4.65. The van der Waals surface area contributed by atoms with E-state index in [4.69, 9.17) is 14.6 Å². The van der Waals surface area contributed by atoms with Crippen LogP contribution in [0, 0.1) is 0 Å².